The summed E-state index contributed by atoms with van der Waals surface area (Å²) < 4.78 is 38.3. The lowest BCUT2D eigenvalue weighted by molar-refractivity contribution is 0.0674. The number of likely N-dealkylation sites (tertiary alicyclic amines) is 1. The van der Waals surface area contributed by atoms with Gasteiger partial charge >= 0.3 is 0 Å². The summed E-state index contributed by atoms with van der Waals surface area (Å²) in [6.07, 6.45) is 2.93. The first-order valence-corrected chi connectivity index (χ1v) is 9.40. The summed E-state index contributed by atoms with van der Waals surface area (Å²) >= 11 is 0. The quantitative estimate of drug-likeness (QED) is 0.844. The lowest BCUT2D eigenvalue weighted by Gasteiger charge is -2.32. The van der Waals surface area contributed by atoms with E-state index in [0.717, 1.165) is 31.7 Å². The Kier molecular flexibility index (Phi) is 5.59. The lowest BCUT2D eigenvalue weighted by Crippen LogP contribution is -2.42. The van der Waals surface area contributed by atoms with Crippen LogP contribution in [0.4, 0.5) is 10.1 Å². The molecule has 0 radical (unpaired) electrons. The zero-order valence-electron chi connectivity index (χ0n) is 13.3. The van der Waals surface area contributed by atoms with Crippen molar-refractivity contribution < 1.29 is 17.6 Å². The van der Waals surface area contributed by atoms with Crippen LogP contribution in [-0.4, -0.2) is 52.2 Å². The number of hydrogen-bond acceptors (Lipinski definition) is 4. The van der Waals surface area contributed by atoms with Crippen molar-refractivity contribution in [2.45, 2.75) is 12.8 Å². The van der Waals surface area contributed by atoms with Gasteiger partial charge in [0, 0.05) is 18.7 Å². The fourth-order valence-electron chi connectivity index (χ4n) is 2.82. The smallest absolute Gasteiger partial charge is 0.253 e. The van der Waals surface area contributed by atoms with Crippen LogP contribution in [0.2, 0.25) is 0 Å². The van der Waals surface area contributed by atoms with E-state index in [-0.39, 0.29) is 17.2 Å². The molecule has 0 aliphatic carbocycles. The van der Waals surface area contributed by atoms with Crippen LogP contribution < -0.4 is 10.0 Å². The number of halogens is 1. The van der Waals surface area contributed by atoms with Crippen molar-refractivity contribution in [1.82, 2.24) is 10.2 Å². The molecule has 6 nitrogen and oxygen atoms in total. The molecular formula is C15H22FN3O3S. The highest BCUT2D eigenvalue weighted by molar-refractivity contribution is 7.92. The number of piperidine rings is 1. The molecule has 1 aromatic carbocycles. The Labute approximate surface area is 136 Å². The molecule has 1 aromatic rings. The Morgan fingerprint density at radius 1 is 1.43 bits per heavy atom. The monoisotopic (exact) mass is 343 g/mol. The van der Waals surface area contributed by atoms with Crippen molar-refractivity contribution >= 4 is 21.6 Å². The molecule has 1 amide bonds. The van der Waals surface area contributed by atoms with Crippen molar-refractivity contribution in [3.8, 4) is 0 Å². The predicted octanol–water partition coefficient (Wildman–Crippen LogP) is 1.27. The molecule has 1 fully saturated rings. The van der Waals surface area contributed by atoms with E-state index >= 15 is 0 Å². The highest BCUT2D eigenvalue weighted by atomic mass is 32.2. The van der Waals surface area contributed by atoms with Gasteiger partial charge in [-0.15, -0.1) is 0 Å². The number of hydrogen-bond donors (Lipinski definition) is 2. The summed E-state index contributed by atoms with van der Waals surface area (Å²) in [6, 6.07) is 3.74. The molecule has 1 heterocycles. The molecule has 1 aliphatic heterocycles. The third kappa shape index (κ3) is 4.90. The van der Waals surface area contributed by atoms with Crippen molar-refractivity contribution in [3.63, 3.8) is 0 Å². The number of carbonyl (C=O) groups excluding carboxylic acids is 1. The van der Waals surface area contributed by atoms with Gasteiger partial charge in [-0.1, -0.05) is 0 Å². The third-order valence-electron chi connectivity index (χ3n) is 3.81. The maximum absolute atomic E-state index is 13.7. The zero-order chi connectivity index (χ0) is 17.0. The average molecular weight is 343 g/mol. The third-order valence-corrected chi connectivity index (χ3v) is 4.40. The first-order chi connectivity index (χ1) is 10.8. The van der Waals surface area contributed by atoms with Gasteiger partial charge in [-0.2, -0.15) is 0 Å². The standard InChI is InChI=1S/C15H22FN3O3S/c1-17-9-11-4-3-7-19(10-11)15(20)12-5-6-13(16)14(8-12)18-23(2,21)22/h5-6,8,11,17-18H,3-4,7,9-10H2,1-2H3. The topological polar surface area (TPSA) is 78.5 Å². The van der Waals surface area contributed by atoms with Crippen LogP contribution in [-0.2, 0) is 10.0 Å². The van der Waals surface area contributed by atoms with E-state index in [1.807, 2.05) is 7.05 Å². The van der Waals surface area contributed by atoms with Crippen LogP contribution in [0.3, 0.4) is 0 Å². The Morgan fingerprint density at radius 3 is 2.83 bits per heavy atom. The maximum atomic E-state index is 13.7. The van der Waals surface area contributed by atoms with E-state index in [9.17, 15) is 17.6 Å². The van der Waals surface area contributed by atoms with Gasteiger partial charge in [0.05, 0.1) is 11.9 Å². The molecule has 1 saturated heterocycles. The number of amides is 1. The number of nitrogens with zero attached hydrogens (tertiary/aromatic N) is 1. The van der Waals surface area contributed by atoms with Crippen LogP contribution >= 0.6 is 0 Å². The molecule has 0 spiro atoms. The molecule has 2 N–H and O–H groups in total. The molecule has 23 heavy (non-hydrogen) atoms. The molecule has 1 atom stereocenters. The number of nitrogens with one attached hydrogen (secondary N) is 2. The van der Waals surface area contributed by atoms with Gasteiger partial charge < -0.3 is 10.2 Å². The molecule has 0 saturated carbocycles. The fourth-order valence-corrected chi connectivity index (χ4v) is 3.38. The fraction of sp³-hybridized carbons (Fsp3) is 0.533. The maximum Gasteiger partial charge on any atom is 0.253 e. The minimum Gasteiger partial charge on any atom is -0.338 e. The van der Waals surface area contributed by atoms with Crippen molar-refractivity contribution in [2.75, 3.05) is 37.7 Å². The molecule has 0 aromatic heterocycles. The molecule has 8 heteroatoms. The Hall–Kier alpha value is -1.67. The number of carbonyl (C=O) groups is 1. The first kappa shape index (κ1) is 17.7. The van der Waals surface area contributed by atoms with Crippen LogP contribution in [0.5, 0.6) is 0 Å². The predicted molar refractivity (Wildman–Crippen MR) is 87.4 cm³/mol. The average Bonchev–Trinajstić information content (AvgIpc) is 2.48. The number of benzene rings is 1. The molecular weight excluding hydrogens is 321 g/mol. The van der Waals surface area contributed by atoms with Gasteiger partial charge in [0.25, 0.3) is 5.91 Å². The summed E-state index contributed by atoms with van der Waals surface area (Å²) in [5, 5.41) is 3.11. The van der Waals surface area contributed by atoms with Gasteiger partial charge in [-0.25, -0.2) is 12.8 Å². The molecule has 0 bridgehead atoms. The van der Waals surface area contributed by atoms with E-state index in [4.69, 9.17) is 0 Å². The summed E-state index contributed by atoms with van der Waals surface area (Å²) in [7, 11) is -1.73. The number of sulfonamides is 1. The Bertz CT molecular complexity index is 677. The van der Waals surface area contributed by atoms with E-state index < -0.39 is 15.8 Å². The summed E-state index contributed by atoms with van der Waals surface area (Å²) in [5.41, 5.74) is 0.0739. The van der Waals surface area contributed by atoms with E-state index in [0.29, 0.717) is 19.0 Å². The van der Waals surface area contributed by atoms with Gasteiger partial charge in [-0.05, 0) is 50.6 Å². The van der Waals surface area contributed by atoms with Crippen LogP contribution in [0.1, 0.15) is 23.2 Å². The zero-order valence-corrected chi connectivity index (χ0v) is 14.1. The van der Waals surface area contributed by atoms with Crippen LogP contribution in [0.25, 0.3) is 0 Å². The second-order valence-corrected chi connectivity index (χ2v) is 7.63. The molecule has 1 aliphatic rings. The highest BCUT2D eigenvalue weighted by Gasteiger charge is 2.24. The summed E-state index contributed by atoms with van der Waals surface area (Å²) in [4.78, 5) is 14.3. The van der Waals surface area contributed by atoms with Crippen LogP contribution in [0, 0.1) is 11.7 Å². The summed E-state index contributed by atoms with van der Waals surface area (Å²) in [5.74, 6) is -0.521. The minimum absolute atomic E-state index is 0.206. The SMILES string of the molecule is CNCC1CCCN(C(=O)c2ccc(F)c(NS(C)(=O)=O)c2)C1. The Balaban J connectivity index is 2.17. The highest BCUT2D eigenvalue weighted by Crippen LogP contribution is 2.21. The van der Waals surface area contributed by atoms with Crippen molar-refractivity contribution in [1.29, 1.82) is 0 Å². The molecule has 128 valence electrons. The molecule has 2 rings (SSSR count). The number of anilines is 1. The summed E-state index contributed by atoms with van der Waals surface area (Å²) in [6.45, 7) is 2.14. The second-order valence-electron chi connectivity index (χ2n) is 5.89. The number of rotatable bonds is 5. The van der Waals surface area contributed by atoms with Crippen molar-refractivity contribution in [3.05, 3.63) is 29.6 Å². The largest absolute Gasteiger partial charge is 0.338 e. The normalized spacial score (nSPS) is 18.7. The van der Waals surface area contributed by atoms with Gasteiger partial charge in [0.2, 0.25) is 10.0 Å². The van der Waals surface area contributed by atoms with Gasteiger partial charge in [0.15, 0.2) is 0 Å². The van der Waals surface area contributed by atoms with Crippen molar-refractivity contribution in [2.24, 2.45) is 5.92 Å². The second kappa shape index (κ2) is 7.27. The first-order valence-electron chi connectivity index (χ1n) is 7.51. The van der Waals surface area contributed by atoms with E-state index in [1.54, 1.807) is 4.90 Å². The van der Waals surface area contributed by atoms with Crippen LogP contribution in [0.15, 0.2) is 18.2 Å². The Morgan fingerprint density at radius 2 is 2.17 bits per heavy atom. The van der Waals surface area contributed by atoms with E-state index in [1.165, 1.54) is 12.1 Å². The minimum atomic E-state index is -3.61. The van der Waals surface area contributed by atoms with Gasteiger partial charge in [0.1, 0.15) is 5.82 Å². The lowest BCUT2D eigenvalue weighted by atomic mass is 9.97. The van der Waals surface area contributed by atoms with Gasteiger partial charge in [-0.3, -0.25) is 9.52 Å². The molecule has 1 unspecified atom stereocenters. The van der Waals surface area contributed by atoms with E-state index in [2.05, 4.69) is 10.0 Å².